The molecule has 122 valence electrons. The molecule has 0 aliphatic rings. The van der Waals surface area contributed by atoms with Crippen LogP contribution in [0.4, 0.5) is 0 Å². The van der Waals surface area contributed by atoms with Gasteiger partial charge in [-0.1, -0.05) is 42.8 Å². The Balaban J connectivity index is 1.76. The molecule has 1 amide bonds. The largest absolute Gasteiger partial charge is 0.484 e. The fourth-order valence-electron chi connectivity index (χ4n) is 2.02. The summed E-state index contributed by atoms with van der Waals surface area (Å²) in [5.41, 5.74) is 1.81. The van der Waals surface area contributed by atoms with Crippen LogP contribution in [0.3, 0.4) is 0 Å². The number of hydrogen-bond acceptors (Lipinski definition) is 3. The molecule has 0 aliphatic carbocycles. The van der Waals surface area contributed by atoms with E-state index in [2.05, 4.69) is 5.32 Å². The second kappa shape index (κ2) is 8.56. The van der Waals surface area contributed by atoms with Crippen molar-refractivity contribution in [1.82, 2.24) is 5.32 Å². The number of amides is 1. The molecule has 0 bridgehead atoms. The lowest BCUT2D eigenvalue weighted by Gasteiger charge is -2.10. The van der Waals surface area contributed by atoms with E-state index in [1.807, 2.05) is 19.1 Å². The van der Waals surface area contributed by atoms with Gasteiger partial charge in [-0.2, -0.15) is 0 Å². The lowest BCUT2D eigenvalue weighted by atomic mass is 10.1. The third-order valence-corrected chi connectivity index (χ3v) is 3.68. The van der Waals surface area contributed by atoms with E-state index in [-0.39, 0.29) is 12.5 Å². The molecule has 2 aromatic rings. The molecule has 0 saturated carbocycles. The number of rotatable bonds is 7. The van der Waals surface area contributed by atoms with Crippen LogP contribution in [0.5, 0.6) is 5.75 Å². The summed E-state index contributed by atoms with van der Waals surface area (Å²) < 4.78 is 5.43. The highest BCUT2D eigenvalue weighted by atomic mass is 35.5. The van der Waals surface area contributed by atoms with Gasteiger partial charge in [0.15, 0.2) is 6.61 Å². The zero-order chi connectivity index (χ0) is 16.7. The van der Waals surface area contributed by atoms with Crippen LogP contribution in [-0.2, 0) is 11.3 Å². The first kappa shape index (κ1) is 17.3. The van der Waals surface area contributed by atoms with E-state index in [4.69, 9.17) is 16.3 Å². The van der Waals surface area contributed by atoms with Crippen LogP contribution >= 0.6 is 11.6 Å². The predicted octanol–water partition coefficient (Wildman–Crippen LogP) is 3.48. The fourth-order valence-corrected chi connectivity index (χ4v) is 2.15. The monoisotopic (exact) mass is 333 g/mol. The maximum absolute atomic E-state index is 11.8. The first-order valence-corrected chi connectivity index (χ1v) is 7.88. The van der Waals surface area contributed by atoms with Gasteiger partial charge in [0.05, 0.1) is 6.10 Å². The number of carbonyl (C=O) groups is 1. The minimum Gasteiger partial charge on any atom is -0.484 e. The third kappa shape index (κ3) is 5.58. The van der Waals surface area contributed by atoms with Gasteiger partial charge in [-0.05, 0) is 41.8 Å². The van der Waals surface area contributed by atoms with Crippen molar-refractivity contribution in [1.29, 1.82) is 0 Å². The van der Waals surface area contributed by atoms with Crippen LogP contribution in [0, 0.1) is 0 Å². The second-order valence-electron chi connectivity index (χ2n) is 5.18. The zero-order valence-electron chi connectivity index (χ0n) is 13.0. The number of aliphatic hydroxyl groups is 1. The summed E-state index contributed by atoms with van der Waals surface area (Å²) in [6, 6.07) is 14.4. The van der Waals surface area contributed by atoms with Gasteiger partial charge in [-0.3, -0.25) is 4.79 Å². The number of aliphatic hydroxyl groups excluding tert-OH is 1. The fraction of sp³-hybridized carbons (Fsp3) is 0.278. The quantitative estimate of drug-likeness (QED) is 0.815. The topological polar surface area (TPSA) is 58.6 Å². The summed E-state index contributed by atoms with van der Waals surface area (Å²) in [5.74, 6) is 0.399. The number of hydrogen-bond donors (Lipinski definition) is 2. The van der Waals surface area contributed by atoms with Gasteiger partial charge in [-0.15, -0.1) is 0 Å². The van der Waals surface area contributed by atoms with Crippen LogP contribution in [0.2, 0.25) is 5.02 Å². The van der Waals surface area contributed by atoms with E-state index in [1.165, 1.54) is 0 Å². The summed E-state index contributed by atoms with van der Waals surface area (Å²) in [5, 5.41) is 13.2. The molecule has 0 heterocycles. The van der Waals surface area contributed by atoms with Crippen molar-refractivity contribution in [3.63, 3.8) is 0 Å². The Hall–Kier alpha value is -2.04. The van der Waals surface area contributed by atoms with Crippen molar-refractivity contribution in [2.45, 2.75) is 26.0 Å². The first-order chi connectivity index (χ1) is 11.1. The van der Waals surface area contributed by atoms with Crippen LogP contribution in [-0.4, -0.2) is 17.6 Å². The molecule has 5 heteroatoms. The Kier molecular flexibility index (Phi) is 6.44. The van der Waals surface area contributed by atoms with Crippen LogP contribution < -0.4 is 10.1 Å². The van der Waals surface area contributed by atoms with Crippen molar-refractivity contribution in [2.24, 2.45) is 0 Å². The summed E-state index contributed by atoms with van der Waals surface area (Å²) in [7, 11) is 0. The molecule has 23 heavy (non-hydrogen) atoms. The van der Waals surface area contributed by atoms with E-state index in [0.29, 0.717) is 23.7 Å². The molecule has 2 aromatic carbocycles. The maximum Gasteiger partial charge on any atom is 0.258 e. The molecule has 0 aromatic heterocycles. The molecule has 0 spiro atoms. The van der Waals surface area contributed by atoms with Crippen molar-refractivity contribution in [3.8, 4) is 5.75 Å². The van der Waals surface area contributed by atoms with Gasteiger partial charge >= 0.3 is 0 Å². The highest BCUT2D eigenvalue weighted by Gasteiger charge is 2.06. The SMILES string of the molecule is CCC(O)c1ccc(OCC(=O)NCc2ccc(Cl)cc2)cc1. The molecular weight excluding hydrogens is 314 g/mol. The number of benzene rings is 2. The van der Waals surface area contributed by atoms with Crippen LogP contribution in [0.25, 0.3) is 0 Å². The molecule has 4 nitrogen and oxygen atoms in total. The summed E-state index contributed by atoms with van der Waals surface area (Å²) in [6.07, 6.45) is 0.194. The average molecular weight is 334 g/mol. The highest BCUT2D eigenvalue weighted by molar-refractivity contribution is 6.30. The Morgan fingerprint density at radius 3 is 2.43 bits per heavy atom. The Morgan fingerprint density at radius 1 is 1.17 bits per heavy atom. The summed E-state index contributed by atoms with van der Waals surface area (Å²) in [4.78, 5) is 11.8. The normalized spacial score (nSPS) is 11.8. The van der Waals surface area contributed by atoms with E-state index in [0.717, 1.165) is 11.1 Å². The molecular formula is C18H20ClNO3. The van der Waals surface area contributed by atoms with Gasteiger partial charge in [0, 0.05) is 11.6 Å². The summed E-state index contributed by atoms with van der Waals surface area (Å²) in [6.45, 7) is 2.30. The van der Waals surface area contributed by atoms with E-state index >= 15 is 0 Å². The summed E-state index contributed by atoms with van der Waals surface area (Å²) >= 11 is 5.81. The van der Waals surface area contributed by atoms with Crippen LogP contribution in [0.1, 0.15) is 30.6 Å². The van der Waals surface area contributed by atoms with Gasteiger partial charge in [0.25, 0.3) is 5.91 Å². The molecule has 0 aliphatic heterocycles. The van der Waals surface area contributed by atoms with Gasteiger partial charge in [0.1, 0.15) is 5.75 Å². The highest BCUT2D eigenvalue weighted by Crippen LogP contribution is 2.19. The molecule has 2 N–H and O–H groups in total. The predicted molar refractivity (Wildman–Crippen MR) is 90.5 cm³/mol. The maximum atomic E-state index is 11.8. The van der Waals surface area contributed by atoms with Crippen molar-refractivity contribution < 1.29 is 14.6 Å². The molecule has 0 radical (unpaired) electrons. The number of carbonyl (C=O) groups excluding carboxylic acids is 1. The molecule has 2 rings (SSSR count). The van der Waals surface area contributed by atoms with Crippen molar-refractivity contribution >= 4 is 17.5 Å². The standard InChI is InChI=1S/C18H20ClNO3/c1-2-17(21)14-5-9-16(10-6-14)23-12-18(22)20-11-13-3-7-15(19)8-4-13/h3-10,17,21H,2,11-12H2,1H3,(H,20,22). The number of halogens is 1. The zero-order valence-corrected chi connectivity index (χ0v) is 13.7. The first-order valence-electron chi connectivity index (χ1n) is 7.50. The minimum atomic E-state index is -0.466. The molecule has 1 atom stereocenters. The minimum absolute atomic E-state index is 0.0523. The van der Waals surface area contributed by atoms with E-state index < -0.39 is 6.10 Å². The van der Waals surface area contributed by atoms with Crippen LogP contribution in [0.15, 0.2) is 48.5 Å². The van der Waals surface area contributed by atoms with Gasteiger partial charge in [-0.25, -0.2) is 0 Å². The van der Waals surface area contributed by atoms with Gasteiger partial charge < -0.3 is 15.2 Å². The molecule has 1 unspecified atom stereocenters. The van der Waals surface area contributed by atoms with Crippen molar-refractivity contribution in [3.05, 3.63) is 64.7 Å². The average Bonchev–Trinajstić information content (AvgIpc) is 2.59. The second-order valence-corrected chi connectivity index (χ2v) is 5.62. The molecule has 0 fully saturated rings. The number of nitrogens with one attached hydrogen (secondary N) is 1. The number of ether oxygens (including phenoxy) is 1. The lowest BCUT2D eigenvalue weighted by Crippen LogP contribution is -2.28. The third-order valence-electron chi connectivity index (χ3n) is 3.42. The Labute approximate surface area is 141 Å². The van der Waals surface area contributed by atoms with E-state index in [9.17, 15) is 9.90 Å². The van der Waals surface area contributed by atoms with Crippen molar-refractivity contribution in [2.75, 3.05) is 6.61 Å². The molecule has 0 saturated heterocycles. The smallest absolute Gasteiger partial charge is 0.258 e. The van der Waals surface area contributed by atoms with Gasteiger partial charge in [0.2, 0.25) is 0 Å². The van der Waals surface area contributed by atoms with E-state index in [1.54, 1.807) is 36.4 Å². The Bertz CT molecular complexity index is 626. The Morgan fingerprint density at radius 2 is 1.83 bits per heavy atom. The lowest BCUT2D eigenvalue weighted by molar-refractivity contribution is -0.123.